The van der Waals surface area contributed by atoms with Crippen molar-refractivity contribution in [2.45, 2.75) is 44.6 Å². The van der Waals surface area contributed by atoms with Gasteiger partial charge in [-0.25, -0.2) is 0 Å². The molecule has 3 nitrogen and oxygen atoms in total. The molecule has 2 atom stereocenters. The number of nitrogens with zero attached hydrogens (tertiary/aromatic N) is 2. The number of pyridine rings is 1. The van der Waals surface area contributed by atoms with Gasteiger partial charge in [0.05, 0.1) is 10.6 Å². The molecule has 2 aliphatic rings. The first-order valence-corrected chi connectivity index (χ1v) is 7.55. The Morgan fingerprint density at radius 2 is 2.05 bits per heavy atom. The molecule has 1 aromatic heterocycles. The number of carbonyl (C=O) groups excluding carboxylic acids is 1. The van der Waals surface area contributed by atoms with Crippen LogP contribution in [-0.2, 0) is 0 Å². The van der Waals surface area contributed by atoms with Gasteiger partial charge in [0.15, 0.2) is 0 Å². The summed E-state index contributed by atoms with van der Waals surface area (Å²) in [7, 11) is 0. The molecule has 1 saturated carbocycles. The van der Waals surface area contributed by atoms with Crippen molar-refractivity contribution < 1.29 is 4.79 Å². The van der Waals surface area contributed by atoms with Gasteiger partial charge >= 0.3 is 0 Å². The van der Waals surface area contributed by atoms with E-state index in [2.05, 4.69) is 9.88 Å². The molecular weight excluding hydrogens is 260 g/mol. The normalized spacial score (nSPS) is 26.9. The van der Waals surface area contributed by atoms with Crippen LogP contribution in [-0.4, -0.2) is 28.4 Å². The maximum absolute atomic E-state index is 12.7. The zero-order chi connectivity index (χ0) is 13.2. The van der Waals surface area contributed by atoms with Crippen molar-refractivity contribution in [2.75, 3.05) is 6.54 Å². The number of likely N-dealkylation sites (tertiary alicyclic amines) is 1. The SMILES string of the molecule is O=C(c1ccncc1Cl)N1CCC[C@H]2CCCC[C@H]21. The molecule has 2 heterocycles. The molecule has 3 rings (SSSR count). The second-order valence-corrected chi connectivity index (χ2v) is 6.02. The minimum Gasteiger partial charge on any atom is -0.335 e. The number of amides is 1. The third-order valence-corrected chi connectivity index (χ3v) is 4.81. The molecule has 19 heavy (non-hydrogen) atoms. The highest BCUT2D eigenvalue weighted by Gasteiger charge is 2.36. The van der Waals surface area contributed by atoms with E-state index in [9.17, 15) is 4.79 Å². The Morgan fingerprint density at radius 1 is 1.26 bits per heavy atom. The number of aromatic nitrogens is 1. The summed E-state index contributed by atoms with van der Waals surface area (Å²) in [6.45, 7) is 0.874. The number of piperidine rings is 1. The predicted octanol–water partition coefficient (Wildman–Crippen LogP) is 3.53. The second-order valence-electron chi connectivity index (χ2n) is 5.61. The summed E-state index contributed by atoms with van der Waals surface area (Å²) < 4.78 is 0. The van der Waals surface area contributed by atoms with E-state index in [4.69, 9.17) is 11.6 Å². The van der Waals surface area contributed by atoms with Gasteiger partial charge in [-0.05, 0) is 37.7 Å². The summed E-state index contributed by atoms with van der Waals surface area (Å²) in [4.78, 5) is 18.7. The Labute approximate surface area is 119 Å². The zero-order valence-electron chi connectivity index (χ0n) is 11.0. The van der Waals surface area contributed by atoms with Gasteiger partial charge in [-0.2, -0.15) is 0 Å². The summed E-state index contributed by atoms with van der Waals surface area (Å²) in [6, 6.07) is 2.16. The summed E-state index contributed by atoms with van der Waals surface area (Å²) in [6.07, 6.45) is 10.6. The van der Waals surface area contributed by atoms with Crippen LogP contribution in [0, 0.1) is 5.92 Å². The van der Waals surface area contributed by atoms with Crippen molar-refractivity contribution in [1.29, 1.82) is 0 Å². The lowest BCUT2D eigenvalue weighted by Gasteiger charge is -2.44. The van der Waals surface area contributed by atoms with E-state index in [1.165, 1.54) is 25.7 Å². The van der Waals surface area contributed by atoms with Gasteiger partial charge in [0.25, 0.3) is 5.91 Å². The fourth-order valence-corrected chi connectivity index (χ4v) is 3.78. The molecule has 1 aliphatic carbocycles. The molecule has 4 heteroatoms. The Kier molecular flexibility index (Phi) is 3.74. The van der Waals surface area contributed by atoms with Crippen molar-refractivity contribution >= 4 is 17.5 Å². The summed E-state index contributed by atoms with van der Waals surface area (Å²) in [5.74, 6) is 0.788. The lowest BCUT2D eigenvalue weighted by atomic mass is 9.78. The van der Waals surface area contributed by atoms with Gasteiger partial charge in [-0.3, -0.25) is 9.78 Å². The van der Waals surface area contributed by atoms with Crippen molar-refractivity contribution in [2.24, 2.45) is 5.92 Å². The molecule has 0 spiro atoms. The van der Waals surface area contributed by atoms with Crippen molar-refractivity contribution in [3.63, 3.8) is 0 Å². The van der Waals surface area contributed by atoms with E-state index >= 15 is 0 Å². The van der Waals surface area contributed by atoms with Crippen LogP contribution in [0.5, 0.6) is 0 Å². The van der Waals surface area contributed by atoms with Crippen LogP contribution >= 0.6 is 11.6 Å². The van der Waals surface area contributed by atoms with E-state index < -0.39 is 0 Å². The predicted molar refractivity (Wildman–Crippen MR) is 75.3 cm³/mol. The molecule has 102 valence electrons. The molecule has 0 N–H and O–H groups in total. The van der Waals surface area contributed by atoms with E-state index in [0.29, 0.717) is 22.5 Å². The fraction of sp³-hybridized carbons (Fsp3) is 0.600. The molecule has 2 fully saturated rings. The first kappa shape index (κ1) is 12.9. The monoisotopic (exact) mass is 278 g/mol. The van der Waals surface area contributed by atoms with Gasteiger partial charge in [-0.15, -0.1) is 0 Å². The largest absolute Gasteiger partial charge is 0.335 e. The Morgan fingerprint density at radius 3 is 2.89 bits per heavy atom. The molecule has 0 radical (unpaired) electrons. The third-order valence-electron chi connectivity index (χ3n) is 4.51. The molecule has 0 unspecified atom stereocenters. The van der Waals surface area contributed by atoms with Crippen LogP contribution in [0.4, 0.5) is 0 Å². The lowest BCUT2D eigenvalue weighted by Crippen LogP contribution is -2.49. The van der Waals surface area contributed by atoms with Crippen LogP contribution in [0.1, 0.15) is 48.9 Å². The fourth-order valence-electron chi connectivity index (χ4n) is 3.58. The Bertz CT molecular complexity index is 475. The van der Waals surface area contributed by atoms with E-state index in [-0.39, 0.29) is 5.91 Å². The molecule has 1 saturated heterocycles. The van der Waals surface area contributed by atoms with Gasteiger partial charge in [-0.1, -0.05) is 24.4 Å². The average Bonchev–Trinajstić information content (AvgIpc) is 2.46. The van der Waals surface area contributed by atoms with Crippen molar-refractivity contribution in [3.8, 4) is 0 Å². The highest BCUT2D eigenvalue weighted by atomic mass is 35.5. The number of fused-ring (bicyclic) bond motifs is 1. The van der Waals surface area contributed by atoms with Gasteiger partial charge < -0.3 is 4.90 Å². The lowest BCUT2D eigenvalue weighted by molar-refractivity contribution is 0.0391. The molecule has 1 amide bonds. The summed E-state index contributed by atoms with van der Waals surface area (Å²) >= 11 is 6.10. The highest BCUT2D eigenvalue weighted by Crippen LogP contribution is 2.36. The maximum atomic E-state index is 12.7. The molecular formula is C15H19ClN2O. The second kappa shape index (κ2) is 5.49. The maximum Gasteiger partial charge on any atom is 0.255 e. The molecule has 1 aromatic rings. The van der Waals surface area contributed by atoms with E-state index in [0.717, 1.165) is 19.4 Å². The van der Waals surface area contributed by atoms with Crippen LogP contribution < -0.4 is 0 Å². The first-order valence-electron chi connectivity index (χ1n) is 7.18. The Balaban J connectivity index is 1.84. The average molecular weight is 279 g/mol. The number of rotatable bonds is 1. The molecule has 0 aromatic carbocycles. The van der Waals surface area contributed by atoms with Gasteiger partial charge in [0.1, 0.15) is 0 Å². The molecule has 0 bridgehead atoms. The highest BCUT2D eigenvalue weighted by molar-refractivity contribution is 6.33. The van der Waals surface area contributed by atoms with Crippen molar-refractivity contribution in [3.05, 3.63) is 29.0 Å². The Hall–Kier alpha value is -1.09. The first-order chi connectivity index (χ1) is 9.27. The minimum atomic E-state index is 0.0870. The molecule has 1 aliphatic heterocycles. The standard InChI is InChI=1S/C15H19ClN2O/c16-13-10-17-8-7-12(13)15(19)18-9-3-5-11-4-1-2-6-14(11)18/h7-8,10-11,14H,1-6,9H2/t11-,14-/m1/s1. The topological polar surface area (TPSA) is 33.2 Å². The number of hydrogen-bond acceptors (Lipinski definition) is 2. The quantitative estimate of drug-likeness (QED) is 0.787. The van der Waals surface area contributed by atoms with E-state index in [1.54, 1.807) is 18.5 Å². The van der Waals surface area contributed by atoms with Crippen LogP contribution in [0.25, 0.3) is 0 Å². The third kappa shape index (κ3) is 2.48. The number of carbonyl (C=O) groups is 1. The van der Waals surface area contributed by atoms with Crippen LogP contribution in [0.3, 0.4) is 0 Å². The van der Waals surface area contributed by atoms with Gasteiger partial charge in [0.2, 0.25) is 0 Å². The summed E-state index contributed by atoms with van der Waals surface area (Å²) in [5, 5.41) is 0.463. The number of hydrogen-bond donors (Lipinski definition) is 0. The van der Waals surface area contributed by atoms with Crippen molar-refractivity contribution in [1.82, 2.24) is 9.88 Å². The van der Waals surface area contributed by atoms with Crippen LogP contribution in [0.15, 0.2) is 18.5 Å². The van der Waals surface area contributed by atoms with E-state index in [1.807, 2.05) is 0 Å². The van der Waals surface area contributed by atoms with Crippen LogP contribution in [0.2, 0.25) is 5.02 Å². The van der Waals surface area contributed by atoms with Gasteiger partial charge in [0, 0.05) is 25.0 Å². The minimum absolute atomic E-state index is 0.0870. The number of halogens is 1. The summed E-state index contributed by atoms with van der Waals surface area (Å²) in [5.41, 5.74) is 0.600. The zero-order valence-corrected chi connectivity index (χ0v) is 11.8. The smallest absolute Gasteiger partial charge is 0.255 e.